The molecule has 0 aliphatic carbocycles. The number of ketones is 1. The number of allylic oxidation sites excluding steroid dienone is 1. The van der Waals surface area contributed by atoms with Gasteiger partial charge in [-0.2, -0.15) is 5.26 Å². The first kappa shape index (κ1) is 14.2. The van der Waals surface area contributed by atoms with Crippen molar-refractivity contribution < 1.29 is 14.3 Å². The molecular formula is C17H10ClNO3. The van der Waals surface area contributed by atoms with Gasteiger partial charge in [0, 0.05) is 10.6 Å². The Balaban J connectivity index is 1.94. The van der Waals surface area contributed by atoms with Gasteiger partial charge in [0.25, 0.3) is 0 Å². The van der Waals surface area contributed by atoms with Gasteiger partial charge < -0.3 is 9.47 Å². The van der Waals surface area contributed by atoms with Crippen molar-refractivity contribution >= 4 is 23.5 Å². The molecule has 0 amide bonds. The summed E-state index contributed by atoms with van der Waals surface area (Å²) in [6.45, 7) is 0.135. The lowest BCUT2D eigenvalue weighted by Crippen LogP contribution is -2.01. The van der Waals surface area contributed by atoms with E-state index in [1.54, 1.807) is 42.5 Å². The van der Waals surface area contributed by atoms with Crippen LogP contribution in [0.25, 0.3) is 6.08 Å². The van der Waals surface area contributed by atoms with Crippen molar-refractivity contribution in [3.05, 3.63) is 64.2 Å². The summed E-state index contributed by atoms with van der Waals surface area (Å²) < 4.78 is 10.4. The SMILES string of the molecule is N#CC(=Cc1cccc(Cl)c1)C(=O)c1ccc2c(c1)OCO2. The van der Waals surface area contributed by atoms with Crippen molar-refractivity contribution in [3.63, 3.8) is 0 Å². The van der Waals surface area contributed by atoms with Gasteiger partial charge in [-0.1, -0.05) is 23.7 Å². The quantitative estimate of drug-likeness (QED) is 0.490. The lowest BCUT2D eigenvalue weighted by molar-refractivity contribution is 0.103. The summed E-state index contributed by atoms with van der Waals surface area (Å²) in [4.78, 5) is 12.4. The fraction of sp³-hybridized carbons (Fsp3) is 0.0588. The van der Waals surface area contributed by atoms with Crippen LogP contribution in [0.2, 0.25) is 5.02 Å². The lowest BCUT2D eigenvalue weighted by atomic mass is 10.0. The maximum atomic E-state index is 12.4. The molecule has 1 aliphatic rings. The second-order valence-corrected chi connectivity index (χ2v) is 5.06. The number of nitrogens with zero attached hydrogens (tertiary/aromatic N) is 1. The summed E-state index contributed by atoms with van der Waals surface area (Å²) in [6, 6.07) is 13.7. The van der Waals surface area contributed by atoms with Crippen LogP contribution in [0.4, 0.5) is 0 Å². The molecular weight excluding hydrogens is 302 g/mol. The van der Waals surface area contributed by atoms with Crippen LogP contribution in [0.1, 0.15) is 15.9 Å². The minimum atomic E-state index is -0.374. The standard InChI is InChI=1S/C17H10ClNO3/c18-14-3-1-2-11(7-14)6-13(9-19)17(20)12-4-5-15-16(8-12)22-10-21-15/h1-8H,10H2. The number of hydrogen-bond acceptors (Lipinski definition) is 4. The second kappa shape index (κ2) is 5.92. The molecule has 1 heterocycles. The zero-order valence-corrected chi connectivity index (χ0v) is 12.1. The van der Waals surface area contributed by atoms with E-state index in [0.717, 1.165) is 0 Å². The molecule has 0 saturated carbocycles. The Morgan fingerprint density at radius 1 is 1.18 bits per heavy atom. The van der Waals surface area contributed by atoms with Crippen LogP contribution in [-0.2, 0) is 0 Å². The smallest absolute Gasteiger partial charge is 0.231 e. The fourth-order valence-electron chi connectivity index (χ4n) is 2.10. The highest BCUT2D eigenvalue weighted by atomic mass is 35.5. The zero-order valence-electron chi connectivity index (χ0n) is 11.4. The number of carbonyl (C=O) groups excluding carboxylic acids is 1. The highest BCUT2D eigenvalue weighted by molar-refractivity contribution is 6.30. The Kier molecular flexibility index (Phi) is 3.82. The number of benzene rings is 2. The summed E-state index contributed by atoms with van der Waals surface area (Å²) in [5.41, 5.74) is 1.10. The molecule has 108 valence electrons. The number of carbonyl (C=O) groups is 1. The van der Waals surface area contributed by atoms with Gasteiger partial charge in [0.1, 0.15) is 11.6 Å². The molecule has 5 heteroatoms. The molecule has 0 N–H and O–H groups in total. The predicted octanol–water partition coefficient (Wildman–Crippen LogP) is 3.86. The Bertz CT molecular complexity index is 821. The number of fused-ring (bicyclic) bond motifs is 1. The van der Waals surface area contributed by atoms with E-state index in [4.69, 9.17) is 21.1 Å². The number of hydrogen-bond donors (Lipinski definition) is 0. The Labute approximate surface area is 132 Å². The molecule has 0 saturated heterocycles. The number of halogens is 1. The van der Waals surface area contributed by atoms with Gasteiger partial charge in [-0.15, -0.1) is 0 Å². The van der Waals surface area contributed by atoms with Crippen molar-refractivity contribution in [1.82, 2.24) is 0 Å². The molecule has 3 rings (SSSR count). The van der Waals surface area contributed by atoms with Crippen LogP contribution >= 0.6 is 11.6 Å². The normalized spacial score (nSPS) is 12.8. The molecule has 1 aliphatic heterocycles. The van der Waals surface area contributed by atoms with E-state index in [1.807, 2.05) is 6.07 Å². The summed E-state index contributed by atoms with van der Waals surface area (Å²) in [6.07, 6.45) is 1.51. The molecule has 0 atom stereocenters. The van der Waals surface area contributed by atoms with Crippen molar-refractivity contribution in [3.8, 4) is 17.6 Å². The first-order valence-corrected chi connectivity index (χ1v) is 6.87. The minimum Gasteiger partial charge on any atom is -0.454 e. The van der Waals surface area contributed by atoms with Crippen LogP contribution in [0.5, 0.6) is 11.5 Å². The molecule has 0 radical (unpaired) electrons. The van der Waals surface area contributed by atoms with Gasteiger partial charge in [-0.3, -0.25) is 4.79 Å². The summed E-state index contributed by atoms with van der Waals surface area (Å²) in [7, 11) is 0. The average Bonchev–Trinajstić information content (AvgIpc) is 2.99. The van der Waals surface area contributed by atoms with Crippen LogP contribution in [0.15, 0.2) is 48.0 Å². The summed E-state index contributed by atoms with van der Waals surface area (Å²) in [5, 5.41) is 9.80. The molecule has 22 heavy (non-hydrogen) atoms. The molecule has 2 aromatic rings. The number of rotatable bonds is 3. The first-order chi connectivity index (χ1) is 10.7. The first-order valence-electron chi connectivity index (χ1n) is 6.49. The van der Waals surface area contributed by atoms with Crippen LogP contribution in [0, 0.1) is 11.3 Å². The Morgan fingerprint density at radius 2 is 2.00 bits per heavy atom. The van der Waals surface area contributed by atoms with Crippen molar-refractivity contribution in [1.29, 1.82) is 5.26 Å². The van der Waals surface area contributed by atoms with E-state index in [9.17, 15) is 10.1 Å². The fourth-order valence-corrected chi connectivity index (χ4v) is 2.30. The third-order valence-corrected chi connectivity index (χ3v) is 3.39. The number of nitriles is 1. The Hall–Kier alpha value is -2.77. The third kappa shape index (κ3) is 2.80. The Morgan fingerprint density at radius 3 is 2.77 bits per heavy atom. The van der Waals surface area contributed by atoms with Gasteiger partial charge in [0.05, 0.1) is 0 Å². The maximum Gasteiger partial charge on any atom is 0.231 e. The zero-order chi connectivity index (χ0) is 15.5. The molecule has 0 fully saturated rings. The van der Waals surface area contributed by atoms with Gasteiger partial charge in [-0.25, -0.2) is 0 Å². The molecule has 2 aromatic carbocycles. The van der Waals surface area contributed by atoms with Gasteiger partial charge in [0.2, 0.25) is 12.6 Å². The molecule has 0 spiro atoms. The second-order valence-electron chi connectivity index (χ2n) is 4.62. The van der Waals surface area contributed by atoms with Crippen molar-refractivity contribution in [2.45, 2.75) is 0 Å². The van der Waals surface area contributed by atoms with Crippen LogP contribution < -0.4 is 9.47 Å². The van der Waals surface area contributed by atoms with E-state index >= 15 is 0 Å². The molecule has 4 nitrogen and oxygen atoms in total. The average molecular weight is 312 g/mol. The van der Waals surface area contributed by atoms with Gasteiger partial charge in [-0.05, 0) is 42.0 Å². The van der Waals surface area contributed by atoms with E-state index in [1.165, 1.54) is 6.08 Å². The largest absolute Gasteiger partial charge is 0.454 e. The number of ether oxygens (including phenoxy) is 2. The van der Waals surface area contributed by atoms with E-state index in [-0.39, 0.29) is 18.1 Å². The number of Topliss-reactive ketones (excluding diaryl/α,β-unsaturated/α-hetero) is 1. The predicted molar refractivity (Wildman–Crippen MR) is 81.9 cm³/mol. The maximum absolute atomic E-state index is 12.4. The third-order valence-electron chi connectivity index (χ3n) is 3.16. The van der Waals surface area contributed by atoms with Crippen LogP contribution in [0.3, 0.4) is 0 Å². The lowest BCUT2D eigenvalue weighted by Gasteiger charge is -2.02. The van der Waals surface area contributed by atoms with Crippen LogP contribution in [-0.4, -0.2) is 12.6 Å². The highest BCUT2D eigenvalue weighted by Gasteiger charge is 2.18. The van der Waals surface area contributed by atoms with E-state index < -0.39 is 0 Å². The summed E-state index contributed by atoms with van der Waals surface area (Å²) in [5.74, 6) is 0.723. The topological polar surface area (TPSA) is 59.3 Å². The minimum absolute atomic E-state index is 0.0288. The van der Waals surface area contributed by atoms with Crippen molar-refractivity contribution in [2.24, 2.45) is 0 Å². The summed E-state index contributed by atoms with van der Waals surface area (Å²) >= 11 is 5.90. The highest BCUT2D eigenvalue weighted by Crippen LogP contribution is 2.33. The monoisotopic (exact) mass is 311 g/mol. The molecule has 0 bridgehead atoms. The van der Waals surface area contributed by atoms with E-state index in [0.29, 0.717) is 27.6 Å². The molecule has 0 aromatic heterocycles. The van der Waals surface area contributed by atoms with Gasteiger partial charge >= 0.3 is 0 Å². The van der Waals surface area contributed by atoms with Gasteiger partial charge in [0.15, 0.2) is 11.5 Å². The van der Waals surface area contributed by atoms with E-state index in [2.05, 4.69) is 0 Å². The molecule has 0 unspecified atom stereocenters. The van der Waals surface area contributed by atoms with Crippen molar-refractivity contribution in [2.75, 3.05) is 6.79 Å².